The van der Waals surface area contributed by atoms with E-state index in [-0.39, 0.29) is 18.9 Å². The molecule has 208 valence electrons. The van der Waals surface area contributed by atoms with E-state index in [0.29, 0.717) is 22.8 Å². The number of benzene rings is 3. The lowest BCUT2D eigenvalue weighted by molar-refractivity contribution is -0.140. The summed E-state index contributed by atoms with van der Waals surface area (Å²) < 4.78 is 27.7. The monoisotopic (exact) mass is 633 g/mol. The summed E-state index contributed by atoms with van der Waals surface area (Å²) in [7, 11) is -3.87. The summed E-state index contributed by atoms with van der Waals surface area (Å²) >= 11 is 9.66. The molecule has 0 radical (unpaired) electrons. The number of halogens is 2. The van der Waals surface area contributed by atoms with Gasteiger partial charge in [-0.2, -0.15) is 0 Å². The number of rotatable bonds is 12. The number of carbonyl (C=O) groups excluding carboxylic acids is 2. The number of nitrogens with zero attached hydrogens (tertiary/aromatic N) is 2. The molecule has 0 heterocycles. The SMILES string of the molecule is CCCNC(=O)[C@H](Cc1ccccc1)N(Cc1cccc(Br)c1)C(=O)CN(c1cc(Cl)ccc1C)S(C)(=O)=O. The Balaban J connectivity index is 2.07. The van der Waals surface area contributed by atoms with Gasteiger partial charge in [0, 0.05) is 29.0 Å². The highest BCUT2D eigenvalue weighted by atomic mass is 79.9. The number of amides is 2. The van der Waals surface area contributed by atoms with E-state index in [9.17, 15) is 18.0 Å². The molecular formula is C29H33BrClN3O4S. The van der Waals surface area contributed by atoms with Crippen molar-refractivity contribution in [1.29, 1.82) is 0 Å². The number of hydrogen-bond donors (Lipinski definition) is 1. The molecular weight excluding hydrogens is 602 g/mol. The topological polar surface area (TPSA) is 86.8 Å². The molecule has 0 bridgehead atoms. The molecule has 0 fully saturated rings. The summed E-state index contributed by atoms with van der Waals surface area (Å²) in [6.07, 6.45) is 2.05. The van der Waals surface area contributed by atoms with Gasteiger partial charge in [-0.05, 0) is 54.3 Å². The van der Waals surface area contributed by atoms with Crippen LogP contribution in [0.3, 0.4) is 0 Å². The molecule has 0 saturated heterocycles. The normalized spacial score (nSPS) is 12.0. The van der Waals surface area contributed by atoms with Crippen LogP contribution in [0.5, 0.6) is 0 Å². The van der Waals surface area contributed by atoms with Crippen LogP contribution in [0.4, 0.5) is 5.69 Å². The van der Waals surface area contributed by atoms with E-state index in [1.54, 1.807) is 19.1 Å². The number of sulfonamides is 1. The standard InChI is InChI=1S/C29H33BrClN3O4S/c1-4-15-32-29(36)27(17-22-9-6-5-7-10-22)33(19-23-11-8-12-24(30)16-23)28(35)20-34(39(3,37)38)26-18-25(31)14-13-21(26)2/h5-14,16,18,27H,4,15,17,19-20H2,1-3H3,(H,32,36)/t27-/m0/s1. The molecule has 2 amide bonds. The van der Waals surface area contributed by atoms with Crippen LogP contribution < -0.4 is 9.62 Å². The van der Waals surface area contributed by atoms with Gasteiger partial charge in [-0.1, -0.05) is 83.0 Å². The first-order valence-corrected chi connectivity index (χ1v) is 15.6. The molecule has 39 heavy (non-hydrogen) atoms. The fourth-order valence-electron chi connectivity index (χ4n) is 4.20. The van der Waals surface area contributed by atoms with Crippen molar-refractivity contribution in [1.82, 2.24) is 10.2 Å². The maximum absolute atomic E-state index is 14.1. The maximum Gasteiger partial charge on any atom is 0.244 e. The number of aryl methyl sites for hydroxylation is 1. The van der Waals surface area contributed by atoms with Crippen LogP contribution in [-0.4, -0.2) is 50.5 Å². The zero-order chi connectivity index (χ0) is 28.6. The van der Waals surface area contributed by atoms with Crippen LogP contribution >= 0.6 is 27.5 Å². The number of hydrogen-bond acceptors (Lipinski definition) is 4. The largest absolute Gasteiger partial charge is 0.354 e. The third-order valence-electron chi connectivity index (χ3n) is 6.18. The second kappa shape index (κ2) is 14.0. The molecule has 1 N–H and O–H groups in total. The predicted octanol–water partition coefficient (Wildman–Crippen LogP) is 5.34. The van der Waals surface area contributed by atoms with Gasteiger partial charge in [0.05, 0.1) is 11.9 Å². The molecule has 10 heteroatoms. The van der Waals surface area contributed by atoms with Crippen LogP contribution in [0.15, 0.2) is 77.3 Å². The van der Waals surface area contributed by atoms with Gasteiger partial charge in [0.25, 0.3) is 0 Å². The van der Waals surface area contributed by atoms with Gasteiger partial charge in [-0.3, -0.25) is 13.9 Å². The molecule has 0 saturated carbocycles. The third kappa shape index (κ3) is 8.81. The van der Waals surface area contributed by atoms with Gasteiger partial charge >= 0.3 is 0 Å². The summed E-state index contributed by atoms with van der Waals surface area (Å²) in [6, 6.07) is 20.9. The Labute approximate surface area is 244 Å². The molecule has 0 aliphatic heterocycles. The van der Waals surface area contributed by atoms with E-state index in [0.717, 1.165) is 32.6 Å². The third-order valence-corrected chi connectivity index (χ3v) is 8.04. The first-order valence-electron chi connectivity index (χ1n) is 12.6. The zero-order valence-electron chi connectivity index (χ0n) is 22.2. The van der Waals surface area contributed by atoms with Gasteiger partial charge in [0.2, 0.25) is 21.8 Å². The van der Waals surface area contributed by atoms with Crippen molar-refractivity contribution < 1.29 is 18.0 Å². The Bertz CT molecular complexity index is 1400. The second-order valence-corrected chi connectivity index (χ2v) is 12.6. The van der Waals surface area contributed by atoms with Gasteiger partial charge in [-0.15, -0.1) is 0 Å². The van der Waals surface area contributed by atoms with Crippen LogP contribution in [0, 0.1) is 6.92 Å². The van der Waals surface area contributed by atoms with Gasteiger partial charge in [0.1, 0.15) is 12.6 Å². The van der Waals surface area contributed by atoms with Crippen molar-refractivity contribution in [3.8, 4) is 0 Å². The molecule has 3 rings (SSSR count). The Morgan fingerprint density at radius 2 is 1.69 bits per heavy atom. The van der Waals surface area contributed by atoms with Gasteiger partial charge in [-0.25, -0.2) is 8.42 Å². The predicted molar refractivity (Wildman–Crippen MR) is 160 cm³/mol. The first kappa shape index (κ1) is 30.7. The summed E-state index contributed by atoms with van der Waals surface area (Å²) in [6.45, 7) is 3.79. The lowest BCUT2D eigenvalue weighted by Crippen LogP contribution is -2.53. The fraction of sp³-hybridized carbons (Fsp3) is 0.310. The van der Waals surface area contributed by atoms with Crippen LogP contribution in [0.25, 0.3) is 0 Å². The quantitative estimate of drug-likeness (QED) is 0.291. The Morgan fingerprint density at radius 3 is 2.33 bits per heavy atom. The van der Waals surface area contributed by atoms with E-state index in [2.05, 4.69) is 21.2 Å². The number of nitrogens with one attached hydrogen (secondary N) is 1. The number of anilines is 1. The molecule has 3 aromatic rings. The molecule has 1 atom stereocenters. The second-order valence-electron chi connectivity index (χ2n) is 9.35. The summed E-state index contributed by atoms with van der Waals surface area (Å²) in [5.41, 5.74) is 2.64. The van der Waals surface area contributed by atoms with Crippen LogP contribution in [0.2, 0.25) is 5.02 Å². The zero-order valence-corrected chi connectivity index (χ0v) is 25.4. The van der Waals surface area contributed by atoms with E-state index in [4.69, 9.17) is 11.6 Å². The van der Waals surface area contributed by atoms with E-state index in [1.807, 2.05) is 61.5 Å². The van der Waals surface area contributed by atoms with Crippen molar-refractivity contribution in [2.75, 3.05) is 23.7 Å². The first-order chi connectivity index (χ1) is 18.5. The minimum Gasteiger partial charge on any atom is -0.354 e. The van der Waals surface area contributed by atoms with E-state index < -0.39 is 28.5 Å². The van der Waals surface area contributed by atoms with Crippen LogP contribution in [0.1, 0.15) is 30.0 Å². The van der Waals surface area contributed by atoms with E-state index in [1.165, 1.54) is 11.0 Å². The molecule has 0 spiro atoms. The van der Waals surface area contributed by atoms with Crippen molar-refractivity contribution in [3.63, 3.8) is 0 Å². The molecule has 0 unspecified atom stereocenters. The maximum atomic E-state index is 14.1. The summed E-state index contributed by atoms with van der Waals surface area (Å²) in [5.74, 6) is -0.804. The number of carbonyl (C=O) groups is 2. The highest BCUT2D eigenvalue weighted by Gasteiger charge is 2.33. The highest BCUT2D eigenvalue weighted by Crippen LogP contribution is 2.27. The van der Waals surface area contributed by atoms with Crippen molar-refractivity contribution in [2.45, 2.75) is 39.3 Å². The van der Waals surface area contributed by atoms with Gasteiger partial charge < -0.3 is 10.2 Å². The Morgan fingerprint density at radius 1 is 1.00 bits per heavy atom. The van der Waals surface area contributed by atoms with Gasteiger partial charge in [0.15, 0.2) is 0 Å². The average molecular weight is 635 g/mol. The highest BCUT2D eigenvalue weighted by molar-refractivity contribution is 9.10. The molecule has 3 aromatic carbocycles. The average Bonchev–Trinajstić information content (AvgIpc) is 2.89. The lowest BCUT2D eigenvalue weighted by atomic mass is 10.0. The minimum atomic E-state index is -3.87. The molecule has 7 nitrogen and oxygen atoms in total. The van der Waals surface area contributed by atoms with Crippen molar-refractivity contribution in [3.05, 3.63) is 99.0 Å². The smallest absolute Gasteiger partial charge is 0.244 e. The lowest BCUT2D eigenvalue weighted by Gasteiger charge is -2.34. The molecule has 0 aliphatic rings. The minimum absolute atomic E-state index is 0.113. The Kier molecular flexibility index (Phi) is 11.0. The van der Waals surface area contributed by atoms with Crippen LogP contribution in [-0.2, 0) is 32.6 Å². The molecule has 0 aliphatic carbocycles. The fourth-order valence-corrected chi connectivity index (χ4v) is 5.71. The van der Waals surface area contributed by atoms with Crippen molar-refractivity contribution in [2.24, 2.45) is 0 Å². The van der Waals surface area contributed by atoms with E-state index >= 15 is 0 Å². The summed E-state index contributed by atoms with van der Waals surface area (Å²) in [4.78, 5) is 29.0. The van der Waals surface area contributed by atoms with Crippen molar-refractivity contribution >= 4 is 55.1 Å². The molecule has 0 aromatic heterocycles. The Hall–Kier alpha value is -2.88. The summed E-state index contributed by atoms with van der Waals surface area (Å²) in [5, 5.41) is 3.28.